The summed E-state index contributed by atoms with van der Waals surface area (Å²) < 4.78 is 13.6. The maximum Gasteiger partial charge on any atom is 0.270 e. The van der Waals surface area contributed by atoms with Gasteiger partial charge in [0.2, 0.25) is 5.91 Å². The Balaban J connectivity index is 1.62. The molecule has 7 heteroatoms. The molecule has 3 aromatic carbocycles. The first-order valence-corrected chi connectivity index (χ1v) is 9.70. The van der Waals surface area contributed by atoms with Crippen LogP contribution in [0.5, 0.6) is 0 Å². The summed E-state index contributed by atoms with van der Waals surface area (Å²) in [6, 6.07) is 21.1. The van der Waals surface area contributed by atoms with Gasteiger partial charge in [-0.3, -0.25) is 25.2 Å². The van der Waals surface area contributed by atoms with Crippen molar-refractivity contribution in [2.45, 2.75) is 4.90 Å². The van der Waals surface area contributed by atoms with Gasteiger partial charge in [-0.25, -0.2) is 4.39 Å². The molecule has 0 aromatic heterocycles. The minimum absolute atomic E-state index is 0.0776. The molecular formula is C22H17FN2O3S. The number of carbonyl (C=O) groups excluding carboxylic acids is 3. The quantitative estimate of drug-likeness (QED) is 0.371. The fourth-order valence-corrected chi connectivity index (χ4v) is 3.30. The Hall–Kier alpha value is -3.45. The van der Waals surface area contributed by atoms with Crippen molar-refractivity contribution in [3.05, 3.63) is 101 Å². The van der Waals surface area contributed by atoms with Gasteiger partial charge in [0.05, 0.1) is 11.3 Å². The SMILES string of the molecule is O=C(CSc1ccccc1F)NNC(=O)c1ccccc1C(=O)c1ccccc1. The van der Waals surface area contributed by atoms with Crippen molar-refractivity contribution in [3.8, 4) is 0 Å². The molecule has 0 aliphatic rings. The number of amides is 2. The lowest BCUT2D eigenvalue weighted by atomic mass is 9.98. The third-order valence-electron chi connectivity index (χ3n) is 3.96. The van der Waals surface area contributed by atoms with E-state index in [2.05, 4.69) is 10.9 Å². The topological polar surface area (TPSA) is 75.3 Å². The van der Waals surface area contributed by atoms with Gasteiger partial charge in [0.1, 0.15) is 5.82 Å². The average Bonchev–Trinajstić information content (AvgIpc) is 2.77. The maximum absolute atomic E-state index is 13.6. The monoisotopic (exact) mass is 408 g/mol. The van der Waals surface area contributed by atoms with Gasteiger partial charge in [-0.2, -0.15) is 0 Å². The first-order valence-electron chi connectivity index (χ1n) is 8.71. The first-order chi connectivity index (χ1) is 14.1. The Bertz CT molecular complexity index is 1040. The van der Waals surface area contributed by atoms with Crippen molar-refractivity contribution < 1.29 is 18.8 Å². The van der Waals surface area contributed by atoms with E-state index in [0.717, 1.165) is 11.8 Å². The third kappa shape index (κ3) is 5.30. The fourth-order valence-electron chi connectivity index (χ4n) is 2.56. The summed E-state index contributed by atoms with van der Waals surface area (Å²) in [5.41, 5.74) is 5.41. The highest BCUT2D eigenvalue weighted by Crippen LogP contribution is 2.20. The zero-order chi connectivity index (χ0) is 20.6. The third-order valence-corrected chi connectivity index (χ3v) is 5.01. The van der Waals surface area contributed by atoms with E-state index in [1.54, 1.807) is 66.7 Å². The van der Waals surface area contributed by atoms with E-state index in [1.807, 2.05) is 0 Å². The lowest BCUT2D eigenvalue weighted by Gasteiger charge is -2.11. The van der Waals surface area contributed by atoms with Crippen LogP contribution in [0.2, 0.25) is 0 Å². The molecule has 0 radical (unpaired) electrons. The Morgan fingerprint density at radius 3 is 2.10 bits per heavy atom. The molecule has 0 aliphatic heterocycles. The van der Waals surface area contributed by atoms with Crippen LogP contribution < -0.4 is 10.9 Å². The number of ketones is 1. The standard InChI is InChI=1S/C22H17FN2O3S/c23-18-12-6-7-13-19(18)29-14-20(26)24-25-22(28)17-11-5-4-10-16(17)21(27)15-8-2-1-3-9-15/h1-13H,14H2,(H,24,26)(H,25,28). The van der Waals surface area contributed by atoms with Crippen molar-refractivity contribution in [3.63, 3.8) is 0 Å². The Morgan fingerprint density at radius 2 is 1.38 bits per heavy atom. The maximum atomic E-state index is 13.6. The lowest BCUT2D eigenvalue weighted by Crippen LogP contribution is -2.43. The van der Waals surface area contributed by atoms with Gasteiger partial charge < -0.3 is 0 Å². The Morgan fingerprint density at radius 1 is 0.759 bits per heavy atom. The van der Waals surface area contributed by atoms with Crippen LogP contribution in [-0.2, 0) is 4.79 Å². The van der Waals surface area contributed by atoms with E-state index in [1.165, 1.54) is 12.1 Å². The van der Waals surface area contributed by atoms with Crippen LogP contribution in [0.3, 0.4) is 0 Å². The summed E-state index contributed by atoms with van der Waals surface area (Å²) in [7, 11) is 0. The molecule has 146 valence electrons. The van der Waals surface area contributed by atoms with Crippen LogP contribution in [-0.4, -0.2) is 23.4 Å². The molecule has 2 N–H and O–H groups in total. The van der Waals surface area contributed by atoms with Crippen molar-refractivity contribution in [2.75, 3.05) is 5.75 Å². The van der Waals surface area contributed by atoms with E-state index in [9.17, 15) is 18.8 Å². The predicted octanol–water partition coefficient (Wildman–Crippen LogP) is 3.61. The van der Waals surface area contributed by atoms with E-state index >= 15 is 0 Å². The summed E-state index contributed by atoms with van der Waals surface area (Å²) in [6.07, 6.45) is 0. The number of thioether (sulfide) groups is 1. The number of halogens is 1. The van der Waals surface area contributed by atoms with Gasteiger partial charge >= 0.3 is 0 Å². The first kappa shape index (κ1) is 20.3. The molecule has 2 amide bonds. The number of carbonyl (C=O) groups is 3. The normalized spacial score (nSPS) is 10.2. The number of hydrazine groups is 1. The molecular weight excluding hydrogens is 391 g/mol. The highest BCUT2D eigenvalue weighted by Gasteiger charge is 2.18. The number of hydrogen-bond acceptors (Lipinski definition) is 4. The highest BCUT2D eigenvalue weighted by molar-refractivity contribution is 8.00. The summed E-state index contributed by atoms with van der Waals surface area (Å²) >= 11 is 1.02. The molecule has 5 nitrogen and oxygen atoms in total. The van der Waals surface area contributed by atoms with Crippen LogP contribution in [0.25, 0.3) is 0 Å². The largest absolute Gasteiger partial charge is 0.289 e. The van der Waals surface area contributed by atoms with E-state index in [-0.39, 0.29) is 22.7 Å². The summed E-state index contributed by atoms with van der Waals surface area (Å²) in [6.45, 7) is 0. The molecule has 3 aromatic rings. The second-order valence-electron chi connectivity index (χ2n) is 5.96. The highest BCUT2D eigenvalue weighted by atomic mass is 32.2. The van der Waals surface area contributed by atoms with Gasteiger partial charge in [0.15, 0.2) is 5.78 Å². The molecule has 0 spiro atoms. The van der Waals surface area contributed by atoms with Crippen molar-refractivity contribution >= 4 is 29.4 Å². The van der Waals surface area contributed by atoms with Gasteiger partial charge in [0, 0.05) is 16.0 Å². The minimum Gasteiger partial charge on any atom is -0.289 e. The second kappa shape index (κ2) is 9.66. The van der Waals surface area contributed by atoms with Crippen molar-refractivity contribution in [1.29, 1.82) is 0 Å². The Kier molecular flexibility index (Phi) is 6.76. The van der Waals surface area contributed by atoms with Gasteiger partial charge in [-0.15, -0.1) is 11.8 Å². The zero-order valence-electron chi connectivity index (χ0n) is 15.2. The van der Waals surface area contributed by atoms with Crippen LogP contribution in [0.4, 0.5) is 4.39 Å². The summed E-state index contributed by atoms with van der Waals surface area (Å²) in [4.78, 5) is 37.5. The van der Waals surface area contributed by atoms with E-state index < -0.39 is 17.6 Å². The molecule has 0 atom stereocenters. The van der Waals surface area contributed by atoms with Gasteiger partial charge in [0.25, 0.3) is 5.91 Å². The number of nitrogens with one attached hydrogen (secondary N) is 2. The van der Waals surface area contributed by atoms with Crippen molar-refractivity contribution in [2.24, 2.45) is 0 Å². The summed E-state index contributed by atoms with van der Waals surface area (Å²) in [5, 5.41) is 0. The number of rotatable bonds is 6. The van der Waals surface area contributed by atoms with E-state index in [4.69, 9.17) is 0 Å². The van der Waals surface area contributed by atoms with E-state index in [0.29, 0.717) is 10.5 Å². The smallest absolute Gasteiger partial charge is 0.270 e. The average molecular weight is 408 g/mol. The zero-order valence-corrected chi connectivity index (χ0v) is 16.0. The van der Waals surface area contributed by atoms with Crippen LogP contribution in [0, 0.1) is 5.82 Å². The van der Waals surface area contributed by atoms with Crippen molar-refractivity contribution in [1.82, 2.24) is 10.9 Å². The Labute approximate surface area is 171 Å². The van der Waals surface area contributed by atoms with Crippen LogP contribution in [0.1, 0.15) is 26.3 Å². The molecule has 0 aliphatic carbocycles. The summed E-state index contributed by atoms with van der Waals surface area (Å²) in [5.74, 6) is -1.90. The molecule has 3 rings (SSSR count). The second-order valence-corrected chi connectivity index (χ2v) is 6.98. The van der Waals surface area contributed by atoms with Gasteiger partial charge in [-0.05, 0) is 18.2 Å². The molecule has 0 saturated carbocycles. The number of benzene rings is 3. The molecule has 0 unspecified atom stereocenters. The van der Waals surface area contributed by atoms with Gasteiger partial charge in [-0.1, -0.05) is 60.7 Å². The molecule has 0 fully saturated rings. The van der Waals surface area contributed by atoms with Crippen LogP contribution >= 0.6 is 11.8 Å². The number of hydrogen-bond donors (Lipinski definition) is 2. The predicted molar refractivity (Wildman–Crippen MR) is 109 cm³/mol. The molecule has 29 heavy (non-hydrogen) atoms. The lowest BCUT2D eigenvalue weighted by molar-refractivity contribution is -0.119. The van der Waals surface area contributed by atoms with Crippen LogP contribution in [0.15, 0.2) is 83.8 Å². The fraction of sp³-hybridized carbons (Fsp3) is 0.0455. The molecule has 0 bridgehead atoms. The molecule has 0 saturated heterocycles. The minimum atomic E-state index is -0.617. The molecule has 0 heterocycles.